The molecule has 0 radical (unpaired) electrons. The molecule has 0 fully saturated rings. The molecule has 1 aromatic heterocycles. The molecule has 0 aliphatic carbocycles. The predicted octanol–water partition coefficient (Wildman–Crippen LogP) is 4.35. The molecule has 1 heterocycles. The molecule has 132 valence electrons. The fourth-order valence-electron chi connectivity index (χ4n) is 1.83. The Balaban J connectivity index is 2.11. The van der Waals surface area contributed by atoms with Crippen LogP contribution in [0.2, 0.25) is 10.0 Å². The largest absolute Gasteiger partial charge is 0.465 e. The van der Waals surface area contributed by atoms with Crippen LogP contribution in [0.1, 0.15) is 29.8 Å². The number of rotatable bonds is 5. The first-order valence-corrected chi connectivity index (χ1v) is 8.54. The number of hydrogen-bond donors (Lipinski definition) is 1. The number of aromatic nitrogens is 1. The second kappa shape index (κ2) is 9.39. The molecule has 1 amide bonds. The summed E-state index contributed by atoms with van der Waals surface area (Å²) in [6.07, 6.45) is 3.40. The lowest BCUT2D eigenvalue weighted by molar-refractivity contribution is 0.0963. The van der Waals surface area contributed by atoms with Crippen molar-refractivity contribution in [1.82, 2.24) is 10.3 Å². The average Bonchev–Trinajstić information content (AvgIpc) is 2.60. The average molecular weight is 380 g/mol. The summed E-state index contributed by atoms with van der Waals surface area (Å²) in [5.74, 6) is -0.0715. The van der Waals surface area contributed by atoms with Crippen molar-refractivity contribution in [3.8, 4) is 0 Å². The molecule has 0 aliphatic rings. The highest BCUT2D eigenvalue weighted by Gasteiger charge is 2.12. The lowest BCUT2D eigenvalue weighted by atomic mass is 10.2. The third-order valence-electron chi connectivity index (χ3n) is 3.08. The lowest BCUT2D eigenvalue weighted by Crippen LogP contribution is -2.33. The zero-order chi connectivity index (χ0) is 18.2. The minimum Gasteiger partial charge on any atom is -0.465 e. The molecular weight excluding hydrogens is 361 g/mol. The smallest absolute Gasteiger partial charge is 0.292 e. The number of pyridine rings is 1. The molecule has 0 aliphatic heterocycles. The van der Waals surface area contributed by atoms with Crippen molar-refractivity contribution in [1.29, 1.82) is 0 Å². The van der Waals surface area contributed by atoms with Crippen molar-refractivity contribution in [3.05, 3.63) is 63.9 Å². The molecule has 1 N–H and O–H groups in total. The van der Waals surface area contributed by atoms with E-state index in [2.05, 4.69) is 15.3 Å². The van der Waals surface area contributed by atoms with Crippen LogP contribution in [0.25, 0.3) is 0 Å². The van der Waals surface area contributed by atoms with E-state index in [9.17, 15) is 4.79 Å². The number of amidine groups is 1. The summed E-state index contributed by atoms with van der Waals surface area (Å²) in [5.41, 5.74) is 1.29. The van der Waals surface area contributed by atoms with E-state index >= 15 is 0 Å². The van der Waals surface area contributed by atoms with Crippen LogP contribution in [-0.2, 0) is 11.3 Å². The number of hydrogen-bond acceptors (Lipinski definition) is 4. The van der Waals surface area contributed by atoms with Crippen LogP contribution in [0.15, 0.2) is 47.7 Å². The summed E-state index contributed by atoms with van der Waals surface area (Å²) >= 11 is 11.8. The van der Waals surface area contributed by atoms with Crippen LogP contribution in [-0.4, -0.2) is 23.5 Å². The molecule has 25 heavy (non-hydrogen) atoms. The maximum Gasteiger partial charge on any atom is 0.292 e. The zero-order valence-electron chi connectivity index (χ0n) is 14.0. The number of aliphatic imine (C=N–C) groups is 1. The fourth-order valence-corrected chi connectivity index (χ4v) is 2.13. The Labute approximate surface area is 157 Å². The molecule has 0 spiro atoms. The monoisotopic (exact) mass is 379 g/mol. The molecular formula is C18H19Cl2N3O2. The molecule has 0 saturated carbocycles. The van der Waals surface area contributed by atoms with E-state index in [1.165, 1.54) is 6.07 Å². The normalized spacial score (nSPS) is 11.5. The number of carbonyl (C=O) groups is 1. The maximum absolute atomic E-state index is 12.4. The predicted molar refractivity (Wildman–Crippen MR) is 100 cm³/mol. The Morgan fingerprint density at radius 1 is 1.28 bits per heavy atom. The first-order chi connectivity index (χ1) is 12.0. The second-order valence-electron chi connectivity index (χ2n) is 5.77. The van der Waals surface area contributed by atoms with E-state index in [1.807, 2.05) is 26.0 Å². The van der Waals surface area contributed by atoms with Crippen molar-refractivity contribution >= 4 is 35.1 Å². The van der Waals surface area contributed by atoms with Crippen LogP contribution in [0.4, 0.5) is 0 Å². The van der Waals surface area contributed by atoms with Gasteiger partial charge in [-0.15, -0.1) is 0 Å². The van der Waals surface area contributed by atoms with Crippen LogP contribution in [0, 0.1) is 5.92 Å². The number of amides is 1. The Bertz CT molecular complexity index is 749. The maximum atomic E-state index is 12.4. The number of ether oxygens (including phenoxy) is 1. The van der Waals surface area contributed by atoms with Crippen molar-refractivity contribution < 1.29 is 9.53 Å². The Kier molecular flexibility index (Phi) is 7.22. The number of nitrogens with one attached hydrogen (secondary N) is 1. The fraction of sp³-hybridized carbons (Fsp3) is 0.278. The van der Waals surface area contributed by atoms with Crippen molar-refractivity contribution in [2.75, 3.05) is 6.61 Å². The third-order valence-corrected chi connectivity index (χ3v) is 3.82. The van der Waals surface area contributed by atoms with Gasteiger partial charge in [0.15, 0.2) is 0 Å². The summed E-state index contributed by atoms with van der Waals surface area (Å²) < 4.78 is 5.61. The van der Waals surface area contributed by atoms with Gasteiger partial charge in [0.05, 0.1) is 23.2 Å². The first-order valence-electron chi connectivity index (χ1n) is 7.78. The van der Waals surface area contributed by atoms with E-state index in [1.54, 1.807) is 24.5 Å². The van der Waals surface area contributed by atoms with Gasteiger partial charge in [-0.2, -0.15) is 0 Å². The highest BCUT2D eigenvalue weighted by molar-refractivity contribution is 6.42. The summed E-state index contributed by atoms with van der Waals surface area (Å²) in [6, 6.07) is 8.55. The van der Waals surface area contributed by atoms with Crippen LogP contribution in [0.3, 0.4) is 0 Å². The van der Waals surface area contributed by atoms with E-state index in [4.69, 9.17) is 27.9 Å². The van der Waals surface area contributed by atoms with Gasteiger partial charge in [0, 0.05) is 18.0 Å². The standard InChI is InChI=1S/C18H19Cl2N3O2/c1-12(2)11-25-18(22-10-13-4-3-7-21-9-13)23-17(24)14-5-6-15(19)16(20)8-14/h3-9,12H,10-11H2,1-2H3,(H,22,23,24). The molecule has 1 aromatic carbocycles. The van der Waals surface area contributed by atoms with Gasteiger partial charge in [-0.1, -0.05) is 43.1 Å². The number of halogens is 2. The summed E-state index contributed by atoms with van der Waals surface area (Å²) in [7, 11) is 0. The number of carbonyl (C=O) groups excluding carboxylic acids is 1. The van der Waals surface area contributed by atoms with Gasteiger partial charge in [-0.05, 0) is 35.7 Å². The zero-order valence-corrected chi connectivity index (χ0v) is 15.5. The van der Waals surface area contributed by atoms with E-state index in [0.29, 0.717) is 34.7 Å². The molecule has 2 rings (SSSR count). The topological polar surface area (TPSA) is 63.6 Å². The molecule has 0 bridgehead atoms. The van der Waals surface area contributed by atoms with E-state index in [-0.39, 0.29) is 11.9 Å². The Hall–Kier alpha value is -2.11. The van der Waals surface area contributed by atoms with Gasteiger partial charge in [0.2, 0.25) is 0 Å². The minimum atomic E-state index is -0.368. The Morgan fingerprint density at radius 2 is 2.08 bits per heavy atom. The van der Waals surface area contributed by atoms with E-state index in [0.717, 1.165) is 5.56 Å². The highest BCUT2D eigenvalue weighted by Crippen LogP contribution is 2.22. The van der Waals surface area contributed by atoms with Gasteiger partial charge in [-0.3, -0.25) is 15.1 Å². The van der Waals surface area contributed by atoms with Gasteiger partial charge < -0.3 is 4.74 Å². The van der Waals surface area contributed by atoms with Crippen molar-refractivity contribution in [3.63, 3.8) is 0 Å². The van der Waals surface area contributed by atoms with Crippen LogP contribution >= 0.6 is 23.2 Å². The van der Waals surface area contributed by atoms with Gasteiger partial charge in [0.1, 0.15) is 0 Å². The molecule has 0 saturated heterocycles. The highest BCUT2D eigenvalue weighted by atomic mass is 35.5. The first kappa shape index (κ1) is 19.2. The van der Waals surface area contributed by atoms with Gasteiger partial charge in [0.25, 0.3) is 11.9 Å². The minimum absolute atomic E-state index is 0.161. The summed E-state index contributed by atoms with van der Waals surface area (Å²) in [6.45, 7) is 4.81. The van der Waals surface area contributed by atoms with Crippen molar-refractivity contribution in [2.24, 2.45) is 10.9 Å². The number of benzene rings is 1. The lowest BCUT2D eigenvalue weighted by Gasteiger charge is -2.13. The third kappa shape index (κ3) is 6.36. The molecule has 2 aromatic rings. The molecule has 0 unspecified atom stereocenters. The summed E-state index contributed by atoms with van der Waals surface area (Å²) in [5, 5.41) is 3.37. The van der Waals surface area contributed by atoms with Crippen LogP contribution < -0.4 is 5.32 Å². The second-order valence-corrected chi connectivity index (χ2v) is 6.58. The van der Waals surface area contributed by atoms with E-state index < -0.39 is 0 Å². The summed E-state index contributed by atoms with van der Waals surface area (Å²) in [4.78, 5) is 20.8. The molecule has 0 atom stereocenters. The van der Waals surface area contributed by atoms with Gasteiger partial charge in [-0.25, -0.2) is 4.99 Å². The SMILES string of the molecule is CC(C)COC(=NCc1cccnc1)NC(=O)c1ccc(Cl)c(Cl)c1. The van der Waals surface area contributed by atoms with Gasteiger partial charge >= 0.3 is 0 Å². The molecule has 5 nitrogen and oxygen atoms in total. The Morgan fingerprint density at radius 3 is 2.72 bits per heavy atom. The molecule has 7 heteroatoms. The quantitative estimate of drug-likeness (QED) is 0.620. The number of nitrogens with zero attached hydrogens (tertiary/aromatic N) is 2. The van der Waals surface area contributed by atoms with Crippen LogP contribution in [0.5, 0.6) is 0 Å². The van der Waals surface area contributed by atoms with Crippen molar-refractivity contribution in [2.45, 2.75) is 20.4 Å².